The van der Waals surface area contributed by atoms with Crippen molar-refractivity contribution >= 4 is 65.0 Å². The molecule has 1 rings (SSSR count). The van der Waals surface area contributed by atoms with Gasteiger partial charge in [0.2, 0.25) is 0 Å². The van der Waals surface area contributed by atoms with Crippen LogP contribution in [0.5, 0.6) is 0 Å². The fourth-order valence-electron chi connectivity index (χ4n) is 3.14. The molecule has 1 fully saturated rings. The summed E-state index contributed by atoms with van der Waals surface area (Å²) in [6.07, 6.45) is 12.9. The molecule has 7 nitrogen and oxygen atoms in total. The summed E-state index contributed by atoms with van der Waals surface area (Å²) in [6.45, 7) is 27.3. The summed E-state index contributed by atoms with van der Waals surface area (Å²) >= 11 is 0. The van der Waals surface area contributed by atoms with Gasteiger partial charge in [-0.15, -0.1) is 46.1 Å². The van der Waals surface area contributed by atoms with E-state index in [9.17, 15) is 0 Å². The summed E-state index contributed by atoms with van der Waals surface area (Å²) in [5.41, 5.74) is 0. The lowest BCUT2D eigenvalue weighted by atomic mass is 10.8. The molecule has 1 saturated heterocycles. The Morgan fingerprint density at radius 1 is 0.286 bits per heavy atom. The van der Waals surface area contributed by atoms with Crippen molar-refractivity contribution in [2.45, 2.75) is 42.3 Å². The molecule has 0 spiro atoms. The predicted octanol–water partition coefficient (Wildman–Crippen LogP) is 2.96. The Kier molecular flexibility index (Phi) is 19.0. The summed E-state index contributed by atoms with van der Waals surface area (Å²) < 4.78 is 45.6. The standard InChI is InChI=1S/C21H42O7Si7/c1-8-15-29-22-30(16-9-2)24-32(18-11-4)26-34(20-13-6)28-35(21-14-7)27-33(19-12-5)25-31(23-29)17-10-3/h8-14,29-35H,1-7,15-21H2. The highest BCUT2D eigenvalue weighted by molar-refractivity contribution is 6.75. The maximum absolute atomic E-state index is 6.52. The predicted molar refractivity (Wildman–Crippen MR) is 163 cm³/mol. The summed E-state index contributed by atoms with van der Waals surface area (Å²) in [6, 6.07) is 4.58. The van der Waals surface area contributed by atoms with Gasteiger partial charge in [0.1, 0.15) is 0 Å². The Labute approximate surface area is 224 Å². The van der Waals surface area contributed by atoms with Gasteiger partial charge in [0.05, 0.1) is 0 Å². The van der Waals surface area contributed by atoms with E-state index in [1.807, 2.05) is 42.5 Å². The minimum absolute atomic E-state index is 0.655. The van der Waals surface area contributed by atoms with Gasteiger partial charge in [-0.3, -0.25) is 0 Å². The van der Waals surface area contributed by atoms with E-state index >= 15 is 0 Å². The molecular formula is C21H42O7Si7. The monoisotopic (exact) mass is 602 g/mol. The number of allylic oxidation sites excluding steroid dienone is 7. The van der Waals surface area contributed by atoms with Crippen LogP contribution in [0.3, 0.4) is 0 Å². The van der Waals surface area contributed by atoms with Crippen molar-refractivity contribution in [3.63, 3.8) is 0 Å². The Bertz CT molecular complexity index is 513. The Balaban J connectivity index is 3.37. The molecule has 0 aromatic carbocycles. The molecule has 1 aliphatic rings. The molecule has 35 heavy (non-hydrogen) atoms. The van der Waals surface area contributed by atoms with E-state index in [4.69, 9.17) is 28.8 Å². The number of hydrogen-bond acceptors (Lipinski definition) is 7. The van der Waals surface area contributed by atoms with Crippen LogP contribution in [0.15, 0.2) is 88.6 Å². The van der Waals surface area contributed by atoms with Crippen LogP contribution < -0.4 is 0 Å². The van der Waals surface area contributed by atoms with Crippen molar-refractivity contribution in [1.82, 2.24) is 0 Å². The zero-order chi connectivity index (χ0) is 25.9. The van der Waals surface area contributed by atoms with Gasteiger partial charge in [0, 0.05) is 42.3 Å². The lowest BCUT2D eigenvalue weighted by Gasteiger charge is -2.33. The molecule has 1 heterocycles. The van der Waals surface area contributed by atoms with Gasteiger partial charge < -0.3 is 28.8 Å². The molecule has 0 aromatic heterocycles. The molecule has 196 valence electrons. The van der Waals surface area contributed by atoms with Crippen LogP contribution in [0.4, 0.5) is 0 Å². The maximum Gasteiger partial charge on any atom is 0.307 e. The minimum Gasteiger partial charge on any atom is -0.420 e. The first-order valence-corrected chi connectivity index (χ1v) is 24.2. The minimum atomic E-state index is -2.14. The highest BCUT2D eigenvalue weighted by Crippen LogP contribution is 2.18. The smallest absolute Gasteiger partial charge is 0.307 e. The lowest BCUT2D eigenvalue weighted by molar-refractivity contribution is 0.287. The van der Waals surface area contributed by atoms with E-state index in [0.717, 1.165) is 0 Å². The van der Waals surface area contributed by atoms with E-state index in [1.54, 1.807) is 0 Å². The quantitative estimate of drug-likeness (QED) is 0.224. The molecule has 0 bridgehead atoms. The van der Waals surface area contributed by atoms with Gasteiger partial charge in [0.25, 0.3) is 0 Å². The van der Waals surface area contributed by atoms with E-state index in [1.165, 1.54) is 0 Å². The first-order valence-electron chi connectivity index (χ1n) is 11.9. The molecule has 0 atom stereocenters. The van der Waals surface area contributed by atoms with Crippen LogP contribution in [0, 0.1) is 0 Å². The second-order valence-corrected chi connectivity index (χ2v) is 24.6. The largest absolute Gasteiger partial charge is 0.420 e. The van der Waals surface area contributed by atoms with Crippen molar-refractivity contribution in [2.75, 3.05) is 0 Å². The van der Waals surface area contributed by atoms with Crippen LogP contribution in [-0.2, 0) is 28.8 Å². The number of rotatable bonds is 14. The summed E-state index contributed by atoms with van der Waals surface area (Å²) in [7, 11) is -15.0. The van der Waals surface area contributed by atoms with Crippen LogP contribution in [-0.4, -0.2) is 65.0 Å². The fraction of sp³-hybridized carbons (Fsp3) is 0.333. The average Bonchev–Trinajstić information content (AvgIpc) is 2.79. The normalized spacial score (nSPS) is 30.8. The van der Waals surface area contributed by atoms with E-state index in [-0.39, 0.29) is 0 Å². The Morgan fingerprint density at radius 2 is 0.400 bits per heavy atom. The van der Waals surface area contributed by atoms with Gasteiger partial charge >= 0.3 is 65.0 Å². The third-order valence-electron chi connectivity index (χ3n) is 4.64. The zero-order valence-electron chi connectivity index (χ0n) is 20.8. The highest BCUT2D eigenvalue weighted by Gasteiger charge is 2.33. The molecule has 0 N–H and O–H groups in total. The van der Waals surface area contributed by atoms with Gasteiger partial charge in [-0.1, -0.05) is 42.5 Å². The second kappa shape index (κ2) is 20.5. The molecule has 14 heteroatoms. The fourth-order valence-corrected chi connectivity index (χ4v) is 26.6. The summed E-state index contributed by atoms with van der Waals surface area (Å²) in [5, 5.41) is 0. The SMILES string of the molecule is C=CC[SiH]1O[SiH](CC=C)O[SiH](CC=C)O[SiH](CC=C)O[SiH](CC=C)O[SiH](CC=C)O[SiH](CC=C)O1. The first kappa shape index (κ1) is 32.4. The average molecular weight is 603 g/mol. The second-order valence-electron chi connectivity index (χ2n) is 7.63. The van der Waals surface area contributed by atoms with Crippen LogP contribution in [0.1, 0.15) is 0 Å². The van der Waals surface area contributed by atoms with Gasteiger partial charge in [-0.05, 0) is 0 Å². The molecule has 0 aliphatic carbocycles. The van der Waals surface area contributed by atoms with E-state index in [2.05, 4.69) is 46.1 Å². The van der Waals surface area contributed by atoms with Gasteiger partial charge in [0.15, 0.2) is 0 Å². The molecule has 0 unspecified atom stereocenters. The molecule has 0 radical (unpaired) electrons. The van der Waals surface area contributed by atoms with Crippen LogP contribution in [0.2, 0.25) is 42.3 Å². The maximum atomic E-state index is 6.52. The number of hydrogen-bond donors (Lipinski definition) is 0. The van der Waals surface area contributed by atoms with Gasteiger partial charge in [-0.25, -0.2) is 0 Å². The molecule has 1 aliphatic heterocycles. The van der Waals surface area contributed by atoms with E-state index < -0.39 is 65.0 Å². The van der Waals surface area contributed by atoms with Crippen molar-refractivity contribution in [1.29, 1.82) is 0 Å². The topological polar surface area (TPSA) is 64.6 Å². The molecule has 0 aromatic rings. The van der Waals surface area contributed by atoms with Crippen molar-refractivity contribution in [2.24, 2.45) is 0 Å². The molecule has 0 saturated carbocycles. The Morgan fingerprint density at radius 3 is 0.486 bits per heavy atom. The lowest BCUT2D eigenvalue weighted by Crippen LogP contribution is -2.48. The summed E-state index contributed by atoms with van der Waals surface area (Å²) in [5.74, 6) is 0. The van der Waals surface area contributed by atoms with Gasteiger partial charge in [-0.2, -0.15) is 0 Å². The van der Waals surface area contributed by atoms with Crippen molar-refractivity contribution < 1.29 is 28.8 Å². The third kappa shape index (κ3) is 14.1. The zero-order valence-corrected chi connectivity index (χ0v) is 28.9. The summed E-state index contributed by atoms with van der Waals surface area (Å²) in [4.78, 5) is 0. The van der Waals surface area contributed by atoms with Crippen molar-refractivity contribution in [3.8, 4) is 0 Å². The van der Waals surface area contributed by atoms with E-state index in [0.29, 0.717) is 42.3 Å². The molecular weight excluding hydrogens is 561 g/mol. The third-order valence-corrected chi connectivity index (χ3v) is 26.7. The van der Waals surface area contributed by atoms with Crippen LogP contribution >= 0.6 is 0 Å². The Hall–Kier alpha value is -0.582. The van der Waals surface area contributed by atoms with Crippen LogP contribution in [0.25, 0.3) is 0 Å². The first-order chi connectivity index (χ1) is 17.0. The van der Waals surface area contributed by atoms with Crippen molar-refractivity contribution in [3.05, 3.63) is 88.6 Å². The molecule has 0 amide bonds. The highest BCUT2D eigenvalue weighted by atomic mass is 28.5.